The number of hydrogen-bond acceptors (Lipinski definition) is 5. The molecule has 0 aliphatic heterocycles. The zero-order valence-electron chi connectivity index (χ0n) is 23.5. The van der Waals surface area contributed by atoms with E-state index in [0.717, 1.165) is 22.2 Å². The van der Waals surface area contributed by atoms with Crippen LogP contribution in [0.1, 0.15) is 92.1 Å². The van der Waals surface area contributed by atoms with Gasteiger partial charge in [0.05, 0.1) is 5.39 Å². The number of nitrogen functional groups attached to an aromatic ring is 1. The second-order valence-electron chi connectivity index (χ2n) is 12.2. The van der Waals surface area contributed by atoms with Gasteiger partial charge in [0.2, 0.25) is 5.56 Å². The second kappa shape index (κ2) is 12.2. The van der Waals surface area contributed by atoms with E-state index in [0.29, 0.717) is 5.82 Å². The molecule has 0 aliphatic carbocycles. The number of fused-ring (bicyclic) bond motifs is 1. The number of nitrogens with zero attached hydrogens (tertiary/aromatic N) is 2. The van der Waals surface area contributed by atoms with Gasteiger partial charge in [-0.15, -0.1) is 0 Å². The molecule has 0 bridgehead atoms. The van der Waals surface area contributed by atoms with Crippen molar-refractivity contribution < 1.29 is 4.52 Å². The lowest BCUT2D eigenvalue weighted by molar-refractivity contribution is 0.459. The van der Waals surface area contributed by atoms with Gasteiger partial charge in [-0.25, -0.2) is 0 Å². The number of aryl methyl sites for hydroxylation is 1. The summed E-state index contributed by atoms with van der Waals surface area (Å²) >= 11 is 0. The van der Waals surface area contributed by atoms with Crippen LogP contribution in [0, 0.1) is 6.92 Å². The standard InChI is InChI=1S/C11H14N2O.C10H15N.C9H13NO.CH4/c1-11(2,3)7-4-5-8-9(6-7)14-13-10(8)12;1-8-5-6-9(7-11-8)10(2,3)4;1-9(2,3)7-4-5-10-8(11)6-7;/h4-6H,1-3H3,(H2,12,13);5-7H,1-4H3;4-6H,1-3H3,(H,10,11);1H4. The van der Waals surface area contributed by atoms with Crippen LogP contribution in [-0.4, -0.2) is 15.1 Å². The fraction of sp³-hybridized carbons (Fsp3) is 0.452. The largest absolute Gasteiger partial charge is 0.380 e. The average molecular weight is 507 g/mol. The molecule has 0 aliphatic rings. The highest BCUT2D eigenvalue weighted by Gasteiger charge is 2.16. The molecule has 0 atom stereocenters. The molecule has 0 fully saturated rings. The van der Waals surface area contributed by atoms with Gasteiger partial charge in [0.25, 0.3) is 0 Å². The van der Waals surface area contributed by atoms with Gasteiger partial charge in [0, 0.05) is 24.2 Å². The van der Waals surface area contributed by atoms with Crippen molar-refractivity contribution in [2.45, 2.75) is 92.9 Å². The minimum atomic E-state index is -0.0302. The number of aromatic amines is 1. The third-order valence-electron chi connectivity index (χ3n) is 5.78. The molecule has 0 radical (unpaired) electrons. The fourth-order valence-corrected chi connectivity index (χ4v) is 3.25. The van der Waals surface area contributed by atoms with Gasteiger partial charge in [-0.1, -0.05) is 87.0 Å². The van der Waals surface area contributed by atoms with E-state index in [9.17, 15) is 4.79 Å². The lowest BCUT2D eigenvalue weighted by Crippen LogP contribution is -2.15. The molecule has 6 heteroatoms. The lowest BCUT2D eigenvalue weighted by atomic mass is 9.87. The van der Waals surface area contributed by atoms with Crippen molar-refractivity contribution in [1.82, 2.24) is 15.1 Å². The zero-order chi connectivity index (χ0) is 27.3. The van der Waals surface area contributed by atoms with E-state index in [2.05, 4.69) is 95.6 Å². The van der Waals surface area contributed by atoms with E-state index in [-0.39, 0.29) is 29.2 Å². The first kappa shape index (κ1) is 31.6. The number of nitrogens with two attached hydrogens (primary N) is 1. The summed E-state index contributed by atoms with van der Waals surface area (Å²) in [5.74, 6) is 0.459. The monoisotopic (exact) mass is 506 g/mol. The van der Waals surface area contributed by atoms with Crippen molar-refractivity contribution in [3.05, 3.63) is 87.6 Å². The van der Waals surface area contributed by atoms with Crippen molar-refractivity contribution in [2.75, 3.05) is 5.73 Å². The molecule has 0 spiro atoms. The maximum atomic E-state index is 10.9. The van der Waals surface area contributed by atoms with Gasteiger partial charge in [0.1, 0.15) is 0 Å². The number of benzene rings is 1. The first-order valence-corrected chi connectivity index (χ1v) is 12.3. The summed E-state index contributed by atoms with van der Waals surface area (Å²) in [5.41, 5.74) is 11.4. The Morgan fingerprint density at radius 2 is 1.32 bits per heavy atom. The van der Waals surface area contributed by atoms with E-state index in [1.54, 1.807) is 12.3 Å². The Morgan fingerprint density at radius 3 is 1.78 bits per heavy atom. The molecule has 0 amide bonds. The van der Waals surface area contributed by atoms with Crippen LogP contribution in [0.4, 0.5) is 5.82 Å². The summed E-state index contributed by atoms with van der Waals surface area (Å²) in [4.78, 5) is 17.7. The second-order valence-corrected chi connectivity index (χ2v) is 12.2. The highest BCUT2D eigenvalue weighted by atomic mass is 16.5. The predicted molar refractivity (Wildman–Crippen MR) is 157 cm³/mol. The number of rotatable bonds is 0. The van der Waals surface area contributed by atoms with Gasteiger partial charge in [-0.2, -0.15) is 0 Å². The molecule has 202 valence electrons. The summed E-state index contributed by atoms with van der Waals surface area (Å²) in [7, 11) is 0. The van der Waals surface area contributed by atoms with Crippen LogP contribution >= 0.6 is 0 Å². The number of hydrogen-bond donors (Lipinski definition) is 2. The molecule has 0 unspecified atom stereocenters. The fourth-order valence-electron chi connectivity index (χ4n) is 3.25. The van der Waals surface area contributed by atoms with Crippen LogP contribution in [0.3, 0.4) is 0 Å². The van der Waals surface area contributed by atoms with Gasteiger partial charge < -0.3 is 15.2 Å². The van der Waals surface area contributed by atoms with E-state index >= 15 is 0 Å². The molecule has 37 heavy (non-hydrogen) atoms. The van der Waals surface area contributed by atoms with Crippen LogP contribution in [0.25, 0.3) is 11.0 Å². The van der Waals surface area contributed by atoms with Crippen LogP contribution in [-0.2, 0) is 16.2 Å². The molecule has 4 rings (SSSR count). The molecule has 3 N–H and O–H groups in total. The number of anilines is 1. The van der Waals surface area contributed by atoms with Crippen molar-refractivity contribution in [1.29, 1.82) is 0 Å². The van der Waals surface area contributed by atoms with Gasteiger partial charge in [-0.05, 0) is 64.1 Å². The van der Waals surface area contributed by atoms with Gasteiger partial charge >= 0.3 is 0 Å². The molecule has 3 aromatic heterocycles. The third-order valence-corrected chi connectivity index (χ3v) is 5.78. The normalized spacial score (nSPS) is 11.5. The van der Waals surface area contributed by atoms with E-state index < -0.39 is 0 Å². The van der Waals surface area contributed by atoms with Crippen molar-refractivity contribution in [2.24, 2.45) is 0 Å². The molecule has 6 nitrogen and oxygen atoms in total. The summed E-state index contributed by atoms with van der Waals surface area (Å²) < 4.78 is 5.11. The molecule has 4 aromatic rings. The maximum Gasteiger partial charge on any atom is 0.248 e. The summed E-state index contributed by atoms with van der Waals surface area (Å²) in [5, 5.41) is 4.61. The van der Waals surface area contributed by atoms with Gasteiger partial charge in [0.15, 0.2) is 11.4 Å². The van der Waals surface area contributed by atoms with Crippen molar-refractivity contribution in [3.63, 3.8) is 0 Å². The number of pyridine rings is 2. The predicted octanol–water partition coefficient (Wildman–Crippen LogP) is 7.70. The Morgan fingerprint density at radius 1 is 0.784 bits per heavy atom. The highest BCUT2D eigenvalue weighted by Crippen LogP contribution is 2.28. The molecule has 1 aromatic carbocycles. The quantitative estimate of drug-likeness (QED) is 0.254. The first-order chi connectivity index (χ1) is 16.5. The van der Waals surface area contributed by atoms with Gasteiger partial charge in [-0.3, -0.25) is 9.78 Å². The summed E-state index contributed by atoms with van der Waals surface area (Å²) in [6, 6.07) is 13.8. The van der Waals surface area contributed by atoms with E-state index in [4.69, 9.17) is 10.3 Å². The Balaban J connectivity index is 0.000000277. The smallest absolute Gasteiger partial charge is 0.248 e. The van der Waals surface area contributed by atoms with Crippen LogP contribution in [0.5, 0.6) is 0 Å². The van der Waals surface area contributed by atoms with Crippen molar-refractivity contribution >= 4 is 16.8 Å². The minimum absolute atomic E-state index is 0. The SMILES string of the molecule is C.CC(C)(C)c1cc[nH]c(=O)c1.CC(C)(C)c1ccc2c(N)noc2c1.Cc1ccc(C(C)(C)C)cn1. The lowest BCUT2D eigenvalue weighted by Gasteiger charge is -2.18. The Bertz CT molecular complexity index is 1310. The van der Waals surface area contributed by atoms with E-state index in [1.165, 1.54) is 11.1 Å². The van der Waals surface area contributed by atoms with Crippen molar-refractivity contribution in [3.8, 4) is 0 Å². The summed E-state index contributed by atoms with van der Waals surface area (Å²) in [6.45, 7) is 21.3. The third kappa shape index (κ3) is 9.52. The molecule has 0 saturated carbocycles. The van der Waals surface area contributed by atoms with E-state index in [1.807, 2.05) is 31.3 Å². The Kier molecular flexibility index (Phi) is 10.4. The number of nitrogens with one attached hydrogen (secondary N) is 1. The minimum Gasteiger partial charge on any atom is -0.380 e. The van der Waals surface area contributed by atoms with Crippen LogP contribution in [0.15, 0.2) is 64.2 Å². The maximum absolute atomic E-state index is 10.9. The highest BCUT2D eigenvalue weighted by molar-refractivity contribution is 5.87. The topological polar surface area (TPSA) is 97.8 Å². The average Bonchev–Trinajstić information content (AvgIpc) is 3.13. The van der Waals surface area contributed by atoms with Crippen LogP contribution in [0.2, 0.25) is 0 Å². The molecule has 0 saturated heterocycles. The van der Waals surface area contributed by atoms with Crippen LogP contribution < -0.4 is 11.3 Å². The number of aromatic nitrogens is 3. The molecular weight excluding hydrogens is 460 g/mol. The Hall–Kier alpha value is -3.41. The summed E-state index contributed by atoms with van der Waals surface area (Å²) in [6.07, 6.45) is 3.64. The Labute approximate surface area is 222 Å². The number of H-pyrrole nitrogens is 1. The molecule has 3 heterocycles. The zero-order valence-corrected chi connectivity index (χ0v) is 23.5. The first-order valence-electron chi connectivity index (χ1n) is 12.3. The molecular formula is C31H46N4O2.